The third-order valence-corrected chi connectivity index (χ3v) is 7.88. The highest BCUT2D eigenvalue weighted by molar-refractivity contribution is 5.76. The zero-order valence-electron chi connectivity index (χ0n) is 23.7. The second-order valence-corrected chi connectivity index (χ2v) is 11.3. The van der Waals surface area contributed by atoms with Crippen molar-refractivity contribution < 1.29 is 18.6 Å². The third-order valence-electron chi connectivity index (χ3n) is 7.88. The number of aromatic nitrogens is 5. The molecular weight excluding hydrogens is 525 g/mol. The van der Waals surface area contributed by atoms with E-state index in [9.17, 15) is 9.65 Å². The molecule has 10 nitrogen and oxygen atoms in total. The van der Waals surface area contributed by atoms with Gasteiger partial charge in [0.2, 0.25) is 0 Å². The van der Waals surface area contributed by atoms with Gasteiger partial charge in [0.15, 0.2) is 5.79 Å². The molecule has 4 aromatic rings. The summed E-state index contributed by atoms with van der Waals surface area (Å²) in [7, 11) is 0. The minimum absolute atomic E-state index is 0.0723. The van der Waals surface area contributed by atoms with Gasteiger partial charge in [0.1, 0.15) is 34.8 Å². The van der Waals surface area contributed by atoms with Gasteiger partial charge in [-0.3, -0.25) is 14.6 Å². The lowest BCUT2D eigenvalue weighted by molar-refractivity contribution is -0.140. The molecule has 0 aromatic carbocycles. The molecule has 2 aliphatic heterocycles. The number of likely N-dealkylation sites (tertiary alicyclic amines) is 1. The van der Waals surface area contributed by atoms with Crippen molar-refractivity contribution in [2.45, 2.75) is 64.6 Å². The molecule has 6 rings (SSSR count). The maximum absolute atomic E-state index is 13.4. The second kappa shape index (κ2) is 10.9. The Morgan fingerprint density at radius 3 is 2.83 bits per heavy atom. The van der Waals surface area contributed by atoms with Crippen LogP contribution >= 0.6 is 0 Å². The average molecular weight is 560 g/mol. The zero-order valence-corrected chi connectivity index (χ0v) is 23.7. The van der Waals surface area contributed by atoms with Gasteiger partial charge in [-0.2, -0.15) is 15.5 Å². The number of rotatable bonds is 7. The number of halogens is 1. The van der Waals surface area contributed by atoms with Gasteiger partial charge >= 0.3 is 0 Å². The SMILES string of the molecule is Cc1c(-c2cc(O[C@H](C)c3ccc(F)cn3)c3c(C#N)cnn3c2)cnn1[C@H]1CCCN(C[C@H]2COC(C)(C)O2)C1. The Kier molecular flexibility index (Phi) is 7.23. The van der Waals surface area contributed by atoms with E-state index in [-0.39, 0.29) is 12.1 Å². The van der Waals surface area contributed by atoms with Crippen LogP contribution in [0.2, 0.25) is 0 Å². The number of pyridine rings is 2. The van der Waals surface area contributed by atoms with Gasteiger partial charge in [0.25, 0.3) is 0 Å². The van der Waals surface area contributed by atoms with E-state index in [2.05, 4.69) is 32.7 Å². The molecule has 6 heterocycles. The minimum atomic E-state index is -0.521. The lowest BCUT2D eigenvalue weighted by atomic mass is 10.0. The first-order valence-corrected chi connectivity index (χ1v) is 14.0. The molecule has 2 fully saturated rings. The van der Waals surface area contributed by atoms with Crippen LogP contribution in [0.3, 0.4) is 0 Å². The van der Waals surface area contributed by atoms with Crippen LogP contribution < -0.4 is 4.74 Å². The Hall–Kier alpha value is -3.85. The van der Waals surface area contributed by atoms with Gasteiger partial charge in [0, 0.05) is 36.1 Å². The fraction of sp³-hybridized carbons (Fsp3) is 0.467. The Labute approximate surface area is 238 Å². The number of ether oxygens (including phenoxy) is 3. The summed E-state index contributed by atoms with van der Waals surface area (Å²) >= 11 is 0. The third kappa shape index (κ3) is 5.55. The molecule has 0 spiro atoms. The molecule has 0 unspecified atom stereocenters. The van der Waals surface area contributed by atoms with Crippen molar-refractivity contribution in [2.75, 3.05) is 26.2 Å². The fourth-order valence-corrected chi connectivity index (χ4v) is 5.89. The molecule has 41 heavy (non-hydrogen) atoms. The number of piperidine rings is 1. The number of fused-ring (bicyclic) bond motifs is 1. The number of nitriles is 1. The van der Waals surface area contributed by atoms with Crippen molar-refractivity contribution in [3.05, 3.63) is 65.8 Å². The monoisotopic (exact) mass is 559 g/mol. The molecule has 2 aliphatic rings. The van der Waals surface area contributed by atoms with Crippen LogP contribution in [0.4, 0.5) is 4.39 Å². The van der Waals surface area contributed by atoms with Crippen molar-refractivity contribution in [3.8, 4) is 22.9 Å². The van der Waals surface area contributed by atoms with Crippen LogP contribution in [0.5, 0.6) is 5.75 Å². The molecule has 4 aromatic heterocycles. The predicted molar refractivity (Wildman–Crippen MR) is 149 cm³/mol. The molecule has 0 radical (unpaired) electrons. The van der Waals surface area contributed by atoms with Crippen molar-refractivity contribution >= 4 is 5.52 Å². The summed E-state index contributed by atoms with van der Waals surface area (Å²) < 4.78 is 35.3. The standard InChI is InChI=1S/C30H34FN7O3/c1-19-26(14-35-38(19)24-6-5-9-36(16-24)17-25-18-39-30(3,4)41-25)21-10-28(29-22(11-32)12-34-37(29)15-21)40-20(2)27-8-7-23(31)13-33-27/h7-8,10,12-15,20,24-25H,5-6,9,16-18H2,1-4H3/t20-,24+,25+/m1/s1. The number of hydrogen-bond donors (Lipinski definition) is 0. The van der Waals surface area contributed by atoms with E-state index >= 15 is 0 Å². The topological polar surface area (TPSA) is 103 Å². The highest BCUT2D eigenvalue weighted by Crippen LogP contribution is 2.35. The van der Waals surface area contributed by atoms with E-state index < -0.39 is 17.7 Å². The summed E-state index contributed by atoms with van der Waals surface area (Å²) in [5.41, 5.74) is 4.43. The quantitative estimate of drug-likeness (QED) is 0.317. The van der Waals surface area contributed by atoms with Gasteiger partial charge in [-0.05, 0) is 65.3 Å². The normalized spacial score (nSPS) is 21.7. The van der Waals surface area contributed by atoms with Crippen LogP contribution in [-0.4, -0.2) is 67.4 Å². The van der Waals surface area contributed by atoms with E-state index in [4.69, 9.17) is 19.3 Å². The molecule has 11 heteroatoms. The van der Waals surface area contributed by atoms with Gasteiger partial charge in [0.05, 0.1) is 43.0 Å². The second-order valence-electron chi connectivity index (χ2n) is 11.3. The molecular formula is C30H34FN7O3. The highest BCUT2D eigenvalue weighted by Gasteiger charge is 2.35. The van der Waals surface area contributed by atoms with E-state index in [0.717, 1.165) is 49.3 Å². The maximum atomic E-state index is 13.4. The largest absolute Gasteiger partial charge is 0.482 e. The lowest BCUT2D eigenvalue weighted by Gasteiger charge is -2.34. The number of nitrogens with zero attached hydrogens (tertiary/aromatic N) is 7. The molecule has 0 aliphatic carbocycles. The maximum Gasteiger partial charge on any atom is 0.163 e. The molecule has 0 amide bonds. The summed E-state index contributed by atoms with van der Waals surface area (Å²) in [4.78, 5) is 6.61. The van der Waals surface area contributed by atoms with Crippen molar-refractivity contribution in [2.24, 2.45) is 0 Å². The first kappa shape index (κ1) is 27.3. The molecule has 0 bridgehead atoms. The Morgan fingerprint density at radius 1 is 1.24 bits per heavy atom. The predicted octanol–water partition coefficient (Wildman–Crippen LogP) is 4.84. The van der Waals surface area contributed by atoms with Crippen molar-refractivity contribution in [1.82, 2.24) is 29.3 Å². The van der Waals surface area contributed by atoms with E-state index in [1.54, 1.807) is 10.6 Å². The highest BCUT2D eigenvalue weighted by atomic mass is 19.1. The van der Waals surface area contributed by atoms with Crippen LogP contribution in [0.25, 0.3) is 16.6 Å². The summed E-state index contributed by atoms with van der Waals surface area (Å²) in [5.74, 6) is -0.438. The minimum Gasteiger partial charge on any atom is -0.482 e. The van der Waals surface area contributed by atoms with Crippen LogP contribution in [0.15, 0.2) is 43.0 Å². The molecule has 0 saturated carbocycles. The molecule has 2 saturated heterocycles. The smallest absolute Gasteiger partial charge is 0.163 e. The molecule has 214 valence electrons. The van der Waals surface area contributed by atoms with E-state index in [1.807, 2.05) is 39.2 Å². The molecule has 0 N–H and O–H groups in total. The van der Waals surface area contributed by atoms with E-state index in [1.165, 1.54) is 18.5 Å². The Bertz CT molecular complexity index is 1590. The summed E-state index contributed by atoms with van der Waals surface area (Å²) in [6.45, 7) is 11.2. The van der Waals surface area contributed by atoms with Crippen LogP contribution in [0.1, 0.15) is 62.7 Å². The molecule has 3 atom stereocenters. The van der Waals surface area contributed by atoms with Gasteiger partial charge in [-0.15, -0.1) is 0 Å². The summed E-state index contributed by atoms with van der Waals surface area (Å²) in [6.07, 6.45) is 8.20. The zero-order chi connectivity index (χ0) is 28.7. The van der Waals surface area contributed by atoms with E-state index in [0.29, 0.717) is 29.1 Å². The summed E-state index contributed by atoms with van der Waals surface area (Å²) in [5, 5.41) is 18.9. The summed E-state index contributed by atoms with van der Waals surface area (Å²) in [6, 6.07) is 7.30. The first-order valence-electron chi connectivity index (χ1n) is 14.0. The van der Waals surface area contributed by atoms with Crippen molar-refractivity contribution in [3.63, 3.8) is 0 Å². The van der Waals surface area contributed by atoms with Crippen molar-refractivity contribution in [1.29, 1.82) is 5.26 Å². The van der Waals surface area contributed by atoms with Crippen LogP contribution in [0, 0.1) is 24.1 Å². The Balaban J connectivity index is 1.27. The van der Waals surface area contributed by atoms with Crippen LogP contribution in [-0.2, 0) is 9.47 Å². The van der Waals surface area contributed by atoms with Gasteiger partial charge in [-0.1, -0.05) is 0 Å². The number of hydrogen-bond acceptors (Lipinski definition) is 8. The van der Waals surface area contributed by atoms with Gasteiger partial charge < -0.3 is 14.2 Å². The fourth-order valence-electron chi connectivity index (χ4n) is 5.89. The first-order chi connectivity index (χ1) is 19.7. The average Bonchev–Trinajstić information content (AvgIpc) is 3.65. The Morgan fingerprint density at radius 2 is 2.10 bits per heavy atom. The van der Waals surface area contributed by atoms with Gasteiger partial charge in [-0.25, -0.2) is 8.91 Å². The lowest BCUT2D eigenvalue weighted by Crippen LogP contribution is -2.42.